The first-order chi connectivity index (χ1) is 12.6. The predicted molar refractivity (Wildman–Crippen MR) is 107 cm³/mol. The minimum Gasteiger partial charge on any atom is -0.497 e. The lowest BCUT2D eigenvalue weighted by atomic mass is 10.2. The molecule has 1 N–H and O–H groups in total. The summed E-state index contributed by atoms with van der Waals surface area (Å²) in [5.41, 5.74) is 0.887. The number of hydrogen-bond donors (Lipinski definition) is 1. The number of carbonyl (C=O) groups is 1. The van der Waals surface area contributed by atoms with E-state index >= 15 is 0 Å². The van der Waals surface area contributed by atoms with Gasteiger partial charge >= 0.3 is 6.09 Å². The Hall–Kier alpha value is -1.57. The summed E-state index contributed by atoms with van der Waals surface area (Å²) >= 11 is 0. The summed E-state index contributed by atoms with van der Waals surface area (Å²) in [4.78, 5) is 14.1. The van der Waals surface area contributed by atoms with Crippen LogP contribution in [0.4, 0.5) is 4.79 Å². The molecule has 1 saturated heterocycles. The second-order valence-corrected chi connectivity index (χ2v) is 13.4. The average Bonchev–Trinajstić information content (AvgIpc) is 3.01. The van der Waals surface area contributed by atoms with Gasteiger partial charge in [0.15, 0.2) is 8.32 Å². The average molecular weight is 396 g/mol. The largest absolute Gasteiger partial charge is 0.497 e. The van der Waals surface area contributed by atoms with Gasteiger partial charge in [-0.25, -0.2) is 4.79 Å². The number of aliphatic hydroxyl groups is 1. The van der Waals surface area contributed by atoms with E-state index in [0.717, 1.165) is 11.3 Å². The van der Waals surface area contributed by atoms with E-state index in [-0.39, 0.29) is 30.4 Å². The highest BCUT2D eigenvalue weighted by molar-refractivity contribution is 6.74. The third-order valence-electron chi connectivity index (χ3n) is 5.61. The van der Waals surface area contributed by atoms with Crippen LogP contribution in [-0.2, 0) is 15.8 Å². The molecule has 0 radical (unpaired) electrons. The van der Waals surface area contributed by atoms with Crippen LogP contribution in [0.25, 0.3) is 0 Å². The van der Waals surface area contributed by atoms with E-state index in [1.54, 1.807) is 12.0 Å². The summed E-state index contributed by atoms with van der Waals surface area (Å²) < 4.78 is 17.0. The number of aliphatic hydroxyl groups excluding tert-OH is 1. The molecule has 1 amide bonds. The number of benzene rings is 1. The number of amides is 1. The van der Waals surface area contributed by atoms with Crippen LogP contribution in [0.2, 0.25) is 18.1 Å². The van der Waals surface area contributed by atoms with Gasteiger partial charge in [0.05, 0.1) is 25.9 Å². The van der Waals surface area contributed by atoms with Crippen molar-refractivity contribution >= 4 is 14.4 Å². The number of rotatable bonds is 6. The number of methoxy groups -OCH3 is 1. The van der Waals surface area contributed by atoms with Crippen molar-refractivity contribution < 1.29 is 23.8 Å². The van der Waals surface area contributed by atoms with Crippen molar-refractivity contribution in [2.24, 2.45) is 0 Å². The van der Waals surface area contributed by atoms with Crippen LogP contribution in [0.3, 0.4) is 0 Å². The van der Waals surface area contributed by atoms with Crippen LogP contribution in [0, 0.1) is 0 Å². The van der Waals surface area contributed by atoms with E-state index in [1.165, 1.54) is 0 Å². The molecule has 1 aromatic rings. The lowest BCUT2D eigenvalue weighted by molar-refractivity contribution is 0.0775. The van der Waals surface area contributed by atoms with Gasteiger partial charge in [-0.1, -0.05) is 32.9 Å². The Labute approximate surface area is 163 Å². The number of carbonyl (C=O) groups excluding carboxylic acids is 1. The molecule has 1 aromatic carbocycles. The number of likely N-dealkylation sites (tertiary alicyclic amines) is 1. The quantitative estimate of drug-likeness (QED) is 0.742. The summed E-state index contributed by atoms with van der Waals surface area (Å²) in [7, 11) is -0.318. The number of hydrogen-bond acceptors (Lipinski definition) is 5. The minimum atomic E-state index is -1.93. The Morgan fingerprint density at radius 2 is 1.89 bits per heavy atom. The topological polar surface area (TPSA) is 68.2 Å². The zero-order chi connectivity index (χ0) is 20.2. The van der Waals surface area contributed by atoms with E-state index in [2.05, 4.69) is 33.9 Å². The van der Waals surface area contributed by atoms with Crippen molar-refractivity contribution in [3.05, 3.63) is 29.8 Å². The molecule has 1 heterocycles. The monoisotopic (exact) mass is 395 g/mol. The van der Waals surface area contributed by atoms with Gasteiger partial charge in [-0.05, 0) is 42.2 Å². The molecule has 2 atom stereocenters. The Balaban J connectivity index is 1.94. The van der Waals surface area contributed by atoms with Crippen LogP contribution < -0.4 is 4.74 Å². The Kier molecular flexibility index (Phi) is 6.94. The van der Waals surface area contributed by atoms with Gasteiger partial charge in [0.25, 0.3) is 0 Å². The highest BCUT2D eigenvalue weighted by Gasteiger charge is 2.43. The normalized spacial score (nSPS) is 20.6. The highest BCUT2D eigenvalue weighted by Crippen LogP contribution is 2.39. The summed E-state index contributed by atoms with van der Waals surface area (Å²) in [6, 6.07) is 7.13. The first kappa shape index (κ1) is 21.7. The molecule has 7 heteroatoms. The number of nitrogens with zero attached hydrogens (tertiary/aromatic N) is 1. The van der Waals surface area contributed by atoms with Gasteiger partial charge in [0.2, 0.25) is 0 Å². The molecule has 0 aliphatic carbocycles. The molecular formula is C20H33NO5Si. The molecule has 1 aliphatic rings. The molecule has 0 aromatic heterocycles. The third-order valence-corrected chi connectivity index (χ3v) is 10.1. The molecule has 27 heavy (non-hydrogen) atoms. The second-order valence-electron chi connectivity index (χ2n) is 8.63. The lowest BCUT2D eigenvalue weighted by Gasteiger charge is -2.38. The van der Waals surface area contributed by atoms with E-state index in [4.69, 9.17) is 13.9 Å². The van der Waals surface area contributed by atoms with Crippen molar-refractivity contribution in [2.75, 3.05) is 20.3 Å². The fourth-order valence-corrected chi connectivity index (χ4v) is 4.26. The third kappa shape index (κ3) is 5.46. The molecule has 0 saturated carbocycles. The van der Waals surface area contributed by atoms with Gasteiger partial charge in [0, 0.05) is 6.54 Å². The predicted octanol–water partition coefficient (Wildman–Crippen LogP) is 3.79. The van der Waals surface area contributed by atoms with Crippen molar-refractivity contribution in [1.82, 2.24) is 4.90 Å². The van der Waals surface area contributed by atoms with Gasteiger partial charge in [-0.2, -0.15) is 0 Å². The standard InChI is InChI=1S/C20H33NO5Si/c1-20(2,3)27(5,6)26-18-11-16(13-22)21(12-18)19(23)25-14-15-7-9-17(24-4)10-8-15/h7-10,16,18,22H,11-14H2,1-6H3/t16-,18+/m0/s1. The SMILES string of the molecule is COc1ccc(COC(=O)N2C[C@H](O[Si](C)(C)C(C)(C)C)C[C@H]2CO)cc1. The van der Waals surface area contributed by atoms with Crippen LogP contribution in [-0.4, -0.2) is 56.8 Å². The van der Waals surface area contributed by atoms with Crippen LogP contribution in [0.5, 0.6) is 5.75 Å². The maximum absolute atomic E-state index is 12.5. The van der Waals surface area contributed by atoms with E-state index < -0.39 is 14.4 Å². The van der Waals surface area contributed by atoms with Gasteiger partial charge < -0.3 is 23.9 Å². The van der Waals surface area contributed by atoms with Crippen LogP contribution >= 0.6 is 0 Å². The molecule has 1 aliphatic heterocycles. The number of ether oxygens (including phenoxy) is 2. The van der Waals surface area contributed by atoms with Crippen molar-refractivity contribution in [1.29, 1.82) is 0 Å². The molecule has 152 valence electrons. The van der Waals surface area contributed by atoms with E-state index in [0.29, 0.717) is 13.0 Å². The van der Waals surface area contributed by atoms with Gasteiger partial charge in [0.1, 0.15) is 12.4 Å². The van der Waals surface area contributed by atoms with Gasteiger partial charge in [-0.3, -0.25) is 0 Å². The molecule has 6 nitrogen and oxygen atoms in total. The zero-order valence-electron chi connectivity index (χ0n) is 17.3. The highest BCUT2D eigenvalue weighted by atomic mass is 28.4. The van der Waals surface area contributed by atoms with Crippen molar-refractivity contribution in [2.45, 2.75) is 64.1 Å². The maximum atomic E-state index is 12.5. The molecule has 1 fully saturated rings. The smallest absolute Gasteiger partial charge is 0.410 e. The van der Waals surface area contributed by atoms with Crippen molar-refractivity contribution in [3.8, 4) is 5.75 Å². The van der Waals surface area contributed by atoms with E-state index in [9.17, 15) is 9.90 Å². The zero-order valence-corrected chi connectivity index (χ0v) is 18.3. The minimum absolute atomic E-state index is 0.0587. The maximum Gasteiger partial charge on any atom is 0.410 e. The second kappa shape index (κ2) is 8.62. The van der Waals surface area contributed by atoms with E-state index in [1.807, 2.05) is 24.3 Å². The summed E-state index contributed by atoms with van der Waals surface area (Å²) in [5, 5.41) is 9.80. The molecular weight excluding hydrogens is 362 g/mol. The fourth-order valence-electron chi connectivity index (χ4n) is 2.90. The summed E-state index contributed by atoms with van der Waals surface area (Å²) in [6.07, 6.45) is 0.170. The Bertz CT molecular complexity index is 626. The Morgan fingerprint density at radius 1 is 1.26 bits per heavy atom. The van der Waals surface area contributed by atoms with Crippen LogP contribution in [0.15, 0.2) is 24.3 Å². The summed E-state index contributed by atoms with van der Waals surface area (Å²) in [6.45, 7) is 11.5. The first-order valence-electron chi connectivity index (χ1n) is 9.42. The molecule has 0 bridgehead atoms. The lowest BCUT2D eigenvalue weighted by Crippen LogP contribution is -2.44. The molecule has 0 unspecified atom stereocenters. The van der Waals surface area contributed by atoms with Crippen LogP contribution in [0.1, 0.15) is 32.8 Å². The van der Waals surface area contributed by atoms with Gasteiger partial charge in [-0.15, -0.1) is 0 Å². The first-order valence-corrected chi connectivity index (χ1v) is 12.3. The summed E-state index contributed by atoms with van der Waals surface area (Å²) in [5.74, 6) is 0.760. The fraction of sp³-hybridized carbons (Fsp3) is 0.650. The van der Waals surface area contributed by atoms with Crippen molar-refractivity contribution in [3.63, 3.8) is 0 Å². The molecule has 0 spiro atoms. The Morgan fingerprint density at radius 3 is 2.41 bits per heavy atom. The molecule has 2 rings (SSSR count).